The lowest BCUT2D eigenvalue weighted by atomic mass is 10.2. The van der Waals surface area contributed by atoms with E-state index in [0.29, 0.717) is 0 Å². The zero-order chi connectivity index (χ0) is 11.0. The molecule has 0 spiro atoms. The zero-order valence-electron chi connectivity index (χ0n) is 8.81. The summed E-state index contributed by atoms with van der Waals surface area (Å²) in [7, 11) is 0. The third-order valence-electron chi connectivity index (χ3n) is 2.49. The average Bonchev–Trinajstić information content (AvgIpc) is 2.72. The predicted octanol–water partition coefficient (Wildman–Crippen LogP) is 2.33. The second kappa shape index (κ2) is 3.41. The Labute approximate surface area is 92.4 Å². The molecule has 0 unspecified atom stereocenters. The number of aromatic nitrogens is 4. The first-order valence-electron chi connectivity index (χ1n) is 5.07. The Morgan fingerprint density at radius 3 is 2.94 bits per heavy atom. The monoisotopic (exact) mass is 210 g/mol. The summed E-state index contributed by atoms with van der Waals surface area (Å²) in [6.07, 6.45) is 5.43. The smallest absolute Gasteiger partial charge is 0.161 e. The van der Waals surface area contributed by atoms with E-state index in [1.54, 1.807) is 12.4 Å². The van der Waals surface area contributed by atoms with Crippen LogP contribution in [0.4, 0.5) is 0 Å². The molecule has 0 aromatic carbocycles. The van der Waals surface area contributed by atoms with Gasteiger partial charge < -0.3 is 4.98 Å². The maximum atomic E-state index is 4.41. The van der Waals surface area contributed by atoms with E-state index in [9.17, 15) is 0 Å². The molecule has 3 aromatic heterocycles. The SMILES string of the molecule is Cc1ccnc(-c2c[nH]c3ncccc23)n1. The van der Waals surface area contributed by atoms with Crippen molar-refractivity contribution < 1.29 is 0 Å². The number of pyridine rings is 1. The fourth-order valence-corrected chi connectivity index (χ4v) is 1.72. The van der Waals surface area contributed by atoms with Crippen LogP contribution < -0.4 is 0 Å². The predicted molar refractivity (Wildman–Crippen MR) is 61.9 cm³/mol. The highest BCUT2D eigenvalue weighted by Gasteiger charge is 2.08. The van der Waals surface area contributed by atoms with Gasteiger partial charge in [0, 0.05) is 35.2 Å². The number of hydrogen-bond acceptors (Lipinski definition) is 3. The van der Waals surface area contributed by atoms with Crippen LogP contribution in [0.1, 0.15) is 5.69 Å². The Balaban J connectivity index is 2.26. The normalized spacial score (nSPS) is 10.8. The number of fused-ring (bicyclic) bond motifs is 1. The maximum Gasteiger partial charge on any atom is 0.161 e. The molecule has 0 bridgehead atoms. The number of nitrogens with one attached hydrogen (secondary N) is 1. The summed E-state index contributed by atoms with van der Waals surface area (Å²) in [5.41, 5.74) is 2.82. The molecule has 0 saturated carbocycles. The number of H-pyrrole nitrogens is 1. The van der Waals surface area contributed by atoms with Gasteiger partial charge in [0.05, 0.1) is 0 Å². The van der Waals surface area contributed by atoms with Crippen LogP contribution in [-0.4, -0.2) is 19.9 Å². The zero-order valence-corrected chi connectivity index (χ0v) is 8.81. The molecule has 4 heteroatoms. The van der Waals surface area contributed by atoms with Crippen molar-refractivity contribution in [3.63, 3.8) is 0 Å². The van der Waals surface area contributed by atoms with E-state index in [2.05, 4.69) is 19.9 Å². The van der Waals surface area contributed by atoms with E-state index in [1.165, 1.54) is 0 Å². The molecule has 0 atom stereocenters. The van der Waals surface area contributed by atoms with E-state index < -0.39 is 0 Å². The summed E-state index contributed by atoms with van der Waals surface area (Å²) in [6, 6.07) is 5.81. The first kappa shape index (κ1) is 9.03. The van der Waals surface area contributed by atoms with Gasteiger partial charge in [-0.2, -0.15) is 0 Å². The molecule has 0 amide bonds. The molecule has 1 N–H and O–H groups in total. The van der Waals surface area contributed by atoms with Crippen molar-refractivity contribution >= 4 is 11.0 Å². The molecule has 0 aliphatic rings. The molecule has 0 aliphatic heterocycles. The second-order valence-corrected chi connectivity index (χ2v) is 3.62. The standard InChI is InChI=1S/C12H10N4/c1-8-4-6-14-12(16-8)10-7-15-11-9(10)3-2-5-13-11/h2-7H,1H3,(H,13,15). The van der Waals surface area contributed by atoms with E-state index in [-0.39, 0.29) is 0 Å². The third-order valence-corrected chi connectivity index (χ3v) is 2.49. The van der Waals surface area contributed by atoms with Crippen molar-refractivity contribution in [2.75, 3.05) is 0 Å². The van der Waals surface area contributed by atoms with E-state index in [4.69, 9.17) is 0 Å². The van der Waals surface area contributed by atoms with E-state index in [0.717, 1.165) is 28.1 Å². The minimum atomic E-state index is 0.735. The highest BCUT2D eigenvalue weighted by atomic mass is 14.9. The van der Waals surface area contributed by atoms with Gasteiger partial charge in [-0.25, -0.2) is 15.0 Å². The summed E-state index contributed by atoms with van der Waals surface area (Å²) < 4.78 is 0. The van der Waals surface area contributed by atoms with Crippen molar-refractivity contribution in [1.82, 2.24) is 19.9 Å². The molecular weight excluding hydrogens is 200 g/mol. The third kappa shape index (κ3) is 1.35. The van der Waals surface area contributed by atoms with Gasteiger partial charge in [0.1, 0.15) is 5.65 Å². The van der Waals surface area contributed by atoms with Crippen LogP contribution in [0.15, 0.2) is 36.8 Å². The van der Waals surface area contributed by atoms with E-state index >= 15 is 0 Å². The van der Waals surface area contributed by atoms with Gasteiger partial charge in [0.25, 0.3) is 0 Å². The first-order chi connectivity index (χ1) is 7.84. The molecule has 78 valence electrons. The van der Waals surface area contributed by atoms with Crippen LogP contribution >= 0.6 is 0 Å². The summed E-state index contributed by atoms with van der Waals surface area (Å²) in [6.45, 7) is 1.96. The molecule has 4 nitrogen and oxygen atoms in total. The number of aromatic amines is 1. The van der Waals surface area contributed by atoms with Gasteiger partial charge in [0.2, 0.25) is 0 Å². The van der Waals surface area contributed by atoms with Crippen molar-refractivity contribution in [3.8, 4) is 11.4 Å². The quantitative estimate of drug-likeness (QED) is 0.670. The lowest BCUT2D eigenvalue weighted by Gasteiger charge is -1.98. The van der Waals surface area contributed by atoms with Crippen LogP contribution in [0, 0.1) is 6.92 Å². The van der Waals surface area contributed by atoms with Crippen LogP contribution in [0.3, 0.4) is 0 Å². The topological polar surface area (TPSA) is 54.5 Å². The second-order valence-electron chi connectivity index (χ2n) is 3.62. The largest absolute Gasteiger partial charge is 0.345 e. The maximum absolute atomic E-state index is 4.41. The fourth-order valence-electron chi connectivity index (χ4n) is 1.72. The Hall–Kier alpha value is -2.23. The molecule has 0 aliphatic carbocycles. The van der Waals surface area contributed by atoms with Crippen LogP contribution in [0.2, 0.25) is 0 Å². The molecule has 3 rings (SSSR count). The van der Waals surface area contributed by atoms with Gasteiger partial charge in [-0.15, -0.1) is 0 Å². The minimum absolute atomic E-state index is 0.735. The Morgan fingerprint density at radius 1 is 1.12 bits per heavy atom. The Kier molecular flexibility index (Phi) is 1.93. The highest BCUT2D eigenvalue weighted by Crippen LogP contribution is 2.24. The van der Waals surface area contributed by atoms with Crippen molar-refractivity contribution in [2.45, 2.75) is 6.92 Å². The van der Waals surface area contributed by atoms with Gasteiger partial charge >= 0.3 is 0 Å². The molecular formula is C12H10N4. The number of aryl methyl sites for hydroxylation is 1. The summed E-state index contributed by atoms with van der Waals surface area (Å²) in [5, 5.41) is 1.05. The lowest BCUT2D eigenvalue weighted by molar-refractivity contribution is 1.11. The van der Waals surface area contributed by atoms with Crippen molar-refractivity contribution in [1.29, 1.82) is 0 Å². The van der Waals surface area contributed by atoms with E-state index in [1.807, 2.05) is 31.3 Å². The molecule has 3 heterocycles. The minimum Gasteiger partial charge on any atom is -0.345 e. The summed E-state index contributed by atoms with van der Waals surface area (Å²) in [5.74, 6) is 0.735. The Bertz CT molecular complexity index is 642. The van der Waals surface area contributed by atoms with Gasteiger partial charge in [0.15, 0.2) is 5.82 Å². The van der Waals surface area contributed by atoms with Crippen LogP contribution in [-0.2, 0) is 0 Å². The van der Waals surface area contributed by atoms with Crippen LogP contribution in [0.25, 0.3) is 22.4 Å². The highest BCUT2D eigenvalue weighted by molar-refractivity contribution is 5.91. The number of rotatable bonds is 1. The molecule has 0 saturated heterocycles. The lowest BCUT2D eigenvalue weighted by Crippen LogP contribution is -1.89. The number of hydrogen-bond donors (Lipinski definition) is 1. The van der Waals surface area contributed by atoms with Gasteiger partial charge in [-0.1, -0.05) is 0 Å². The van der Waals surface area contributed by atoms with Crippen molar-refractivity contribution in [2.24, 2.45) is 0 Å². The fraction of sp³-hybridized carbons (Fsp3) is 0.0833. The summed E-state index contributed by atoms with van der Waals surface area (Å²) in [4.78, 5) is 16.0. The van der Waals surface area contributed by atoms with Gasteiger partial charge in [-0.3, -0.25) is 0 Å². The van der Waals surface area contributed by atoms with Gasteiger partial charge in [-0.05, 0) is 25.1 Å². The average molecular weight is 210 g/mol. The van der Waals surface area contributed by atoms with Crippen LogP contribution in [0.5, 0.6) is 0 Å². The molecule has 0 fully saturated rings. The molecule has 16 heavy (non-hydrogen) atoms. The molecule has 3 aromatic rings. The number of nitrogens with zero attached hydrogens (tertiary/aromatic N) is 3. The summed E-state index contributed by atoms with van der Waals surface area (Å²) >= 11 is 0. The van der Waals surface area contributed by atoms with Crippen molar-refractivity contribution in [3.05, 3.63) is 42.5 Å². The molecule has 0 radical (unpaired) electrons. The Morgan fingerprint density at radius 2 is 2.06 bits per heavy atom. The first-order valence-corrected chi connectivity index (χ1v) is 5.07.